The number of rotatable bonds is 46. The van der Waals surface area contributed by atoms with Crippen LogP contribution in [-0.2, 0) is 38.7 Å². The molecular formula is C55H98O12S. The summed E-state index contributed by atoms with van der Waals surface area (Å²) >= 11 is 0. The minimum Gasteiger partial charge on any atom is -0.462 e. The first-order chi connectivity index (χ1) is 33.0. The lowest BCUT2D eigenvalue weighted by Crippen LogP contribution is -2.60. The maximum absolute atomic E-state index is 12.9. The van der Waals surface area contributed by atoms with Gasteiger partial charge in [-0.1, -0.05) is 191 Å². The second kappa shape index (κ2) is 44.5. The molecule has 2 unspecified atom stereocenters. The Kier molecular flexibility index (Phi) is 41.7. The van der Waals surface area contributed by atoms with Crippen LogP contribution in [0.1, 0.15) is 232 Å². The van der Waals surface area contributed by atoms with Crippen molar-refractivity contribution in [2.45, 2.75) is 269 Å². The van der Waals surface area contributed by atoms with Crippen molar-refractivity contribution in [3.05, 3.63) is 48.6 Å². The second-order valence-corrected chi connectivity index (χ2v) is 20.4. The Morgan fingerprint density at radius 2 is 0.912 bits per heavy atom. The third-order valence-electron chi connectivity index (χ3n) is 12.4. The van der Waals surface area contributed by atoms with Crippen LogP contribution in [0.25, 0.3) is 0 Å². The van der Waals surface area contributed by atoms with Gasteiger partial charge in [0.25, 0.3) is 10.1 Å². The molecule has 1 rings (SSSR count). The van der Waals surface area contributed by atoms with E-state index in [-0.39, 0.29) is 19.4 Å². The van der Waals surface area contributed by atoms with Crippen LogP contribution in [0, 0.1) is 0 Å². The molecule has 4 N–H and O–H groups in total. The number of aliphatic hydroxyl groups is 3. The van der Waals surface area contributed by atoms with Gasteiger partial charge < -0.3 is 34.3 Å². The number of hydrogen-bond donors (Lipinski definition) is 4. The Morgan fingerprint density at radius 1 is 0.500 bits per heavy atom. The van der Waals surface area contributed by atoms with Crippen molar-refractivity contribution in [3.8, 4) is 0 Å². The average molecular weight is 983 g/mol. The summed E-state index contributed by atoms with van der Waals surface area (Å²) in [4.78, 5) is 25.5. The topological polar surface area (TPSA) is 186 Å². The Morgan fingerprint density at radius 3 is 1.43 bits per heavy atom. The number of ether oxygens (including phenoxy) is 4. The number of unbranched alkanes of at least 4 members (excludes halogenated alkanes) is 26. The van der Waals surface area contributed by atoms with E-state index < -0.39 is 71.2 Å². The molecule has 0 aromatic carbocycles. The van der Waals surface area contributed by atoms with Gasteiger partial charge in [0.05, 0.1) is 6.61 Å². The fourth-order valence-corrected chi connectivity index (χ4v) is 8.83. The highest BCUT2D eigenvalue weighted by molar-refractivity contribution is 7.85. The Bertz CT molecular complexity index is 1430. The third kappa shape index (κ3) is 38.4. The molecule has 0 aromatic rings. The maximum atomic E-state index is 12.9. The molecule has 396 valence electrons. The summed E-state index contributed by atoms with van der Waals surface area (Å²) in [7, 11) is -4.61. The Labute approximate surface area is 413 Å². The van der Waals surface area contributed by atoms with Crippen LogP contribution in [-0.4, -0.2) is 96.0 Å². The lowest BCUT2D eigenvalue weighted by molar-refractivity contribution is -0.297. The number of carbonyl (C=O) groups excluding carboxylic acids is 2. The van der Waals surface area contributed by atoms with Crippen molar-refractivity contribution in [2.75, 3.05) is 19.0 Å². The Hall–Kier alpha value is -2.39. The molecule has 0 spiro atoms. The first kappa shape index (κ1) is 63.6. The number of esters is 2. The minimum atomic E-state index is -4.61. The van der Waals surface area contributed by atoms with Crippen molar-refractivity contribution in [1.29, 1.82) is 0 Å². The predicted octanol–water partition coefficient (Wildman–Crippen LogP) is 12.7. The molecule has 0 aromatic heterocycles. The first-order valence-electron chi connectivity index (χ1n) is 27.2. The maximum Gasteiger partial charge on any atom is 0.306 e. The smallest absolute Gasteiger partial charge is 0.306 e. The second-order valence-electron chi connectivity index (χ2n) is 18.9. The van der Waals surface area contributed by atoms with Crippen LogP contribution in [0.5, 0.6) is 0 Å². The summed E-state index contributed by atoms with van der Waals surface area (Å²) in [5, 5.41) is 31.0. The third-order valence-corrected chi connectivity index (χ3v) is 13.1. The van der Waals surface area contributed by atoms with Gasteiger partial charge in [-0.2, -0.15) is 8.42 Å². The van der Waals surface area contributed by atoms with Gasteiger partial charge in [-0.15, -0.1) is 0 Å². The van der Waals surface area contributed by atoms with Gasteiger partial charge in [-0.3, -0.25) is 14.1 Å². The summed E-state index contributed by atoms with van der Waals surface area (Å²) in [6, 6.07) is 0. The average Bonchev–Trinajstić information content (AvgIpc) is 3.31. The molecule has 0 radical (unpaired) electrons. The number of carbonyl (C=O) groups is 2. The molecule has 0 amide bonds. The van der Waals surface area contributed by atoms with Crippen molar-refractivity contribution in [2.24, 2.45) is 0 Å². The Balaban J connectivity index is 2.37. The van der Waals surface area contributed by atoms with Crippen molar-refractivity contribution in [1.82, 2.24) is 0 Å². The summed E-state index contributed by atoms with van der Waals surface area (Å²) in [6.07, 6.45) is 45.9. The highest BCUT2D eigenvalue weighted by atomic mass is 32.2. The van der Waals surface area contributed by atoms with E-state index in [9.17, 15) is 37.9 Å². The fourth-order valence-electron chi connectivity index (χ4n) is 8.14. The zero-order chi connectivity index (χ0) is 49.8. The SMILES string of the molecule is CCCCC/C=C/C/C=C/CCCCCCCCCC(=O)OC[C@H](CO[C@H]1O[C@H](CS(=O)(=O)O)[C@@H](O)C(O)C1O)OC(=O)CCC/C=C/CC/C=C/CCCCCCCCCCCCCCCC. The lowest BCUT2D eigenvalue weighted by Gasteiger charge is -2.40. The van der Waals surface area contributed by atoms with Crippen LogP contribution in [0.3, 0.4) is 0 Å². The van der Waals surface area contributed by atoms with E-state index in [4.69, 9.17) is 18.9 Å². The van der Waals surface area contributed by atoms with Crippen LogP contribution in [0.4, 0.5) is 0 Å². The monoisotopic (exact) mass is 983 g/mol. The normalized spacial score (nSPS) is 19.5. The van der Waals surface area contributed by atoms with E-state index in [0.29, 0.717) is 19.3 Å². The number of aliphatic hydroxyl groups excluding tert-OH is 3. The predicted molar refractivity (Wildman–Crippen MR) is 275 cm³/mol. The van der Waals surface area contributed by atoms with Crippen LogP contribution < -0.4 is 0 Å². The molecule has 6 atom stereocenters. The molecule has 68 heavy (non-hydrogen) atoms. The van der Waals surface area contributed by atoms with E-state index in [0.717, 1.165) is 57.8 Å². The largest absolute Gasteiger partial charge is 0.462 e. The number of allylic oxidation sites excluding steroid dienone is 8. The molecule has 0 aliphatic carbocycles. The molecule has 1 aliphatic heterocycles. The molecule has 0 saturated carbocycles. The highest BCUT2D eigenvalue weighted by Crippen LogP contribution is 2.24. The molecule has 1 saturated heterocycles. The zero-order valence-corrected chi connectivity index (χ0v) is 43.5. The van der Waals surface area contributed by atoms with Gasteiger partial charge in [0.15, 0.2) is 12.4 Å². The molecule has 13 heteroatoms. The van der Waals surface area contributed by atoms with Crippen LogP contribution in [0.15, 0.2) is 48.6 Å². The summed E-state index contributed by atoms with van der Waals surface area (Å²) < 4.78 is 54.2. The van der Waals surface area contributed by atoms with Gasteiger partial charge in [0.1, 0.15) is 36.8 Å². The zero-order valence-electron chi connectivity index (χ0n) is 42.7. The molecule has 0 bridgehead atoms. The van der Waals surface area contributed by atoms with Crippen LogP contribution in [0.2, 0.25) is 0 Å². The van der Waals surface area contributed by atoms with Crippen molar-refractivity contribution < 1.29 is 56.8 Å². The summed E-state index contributed by atoms with van der Waals surface area (Å²) in [6.45, 7) is 3.73. The van der Waals surface area contributed by atoms with Gasteiger partial charge >= 0.3 is 11.9 Å². The molecule has 1 fully saturated rings. The van der Waals surface area contributed by atoms with E-state index in [1.54, 1.807) is 0 Å². The quantitative estimate of drug-likeness (QED) is 0.0196. The molecule has 12 nitrogen and oxygen atoms in total. The van der Waals surface area contributed by atoms with E-state index in [2.05, 4.69) is 62.5 Å². The first-order valence-corrected chi connectivity index (χ1v) is 28.8. The minimum absolute atomic E-state index is 0.103. The molecular weight excluding hydrogens is 885 g/mol. The lowest BCUT2D eigenvalue weighted by atomic mass is 10.00. The van der Waals surface area contributed by atoms with E-state index in [1.165, 1.54) is 128 Å². The van der Waals surface area contributed by atoms with Gasteiger partial charge in [-0.05, 0) is 77.0 Å². The summed E-state index contributed by atoms with van der Waals surface area (Å²) in [5.41, 5.74) is 0. The molecule has 1 aliphatic rings. The van der Waals surface area contributed by atoms with Gasteiger partial charge in [-0.25, -0.2) is 0 Å². The standard InChI is InChI=1S/C55H98O12S/c1-3-5-7-9-11-13-15-17-19-21-22-23-24-25-26-28-30-32-34-36-38-40-42-44-51(57)66-48(46-65-55-54(60)53(59)52(58)49(67-55)47-68(61,62)63)45-64-50(56)43-41-39-37-35-33-31-29-27-20-18-16-14-12-10-8-6-4-2/h12,14,18,20,28,30,36,38,48-49,52-55,58-60H,3-11,13,15-17,19,21-27,29,31-35,37,39-47H2,1-2H3,(H,61,62,63)/b14-12+,20-18+,30-28+,38-36+/t48-,49-,52-,53?,54?,55+/m1/s1. The van der Waals surface area contributed by atoms with Crippen molar-refractivity contribution in [3.63, 3.8) is 0 Å². The van der Waals surface area contributed by atoms with E-state index in [1.807, 2.05) is 0 Å². The van der Waals surface area contributed by atoms with E-state index >= 15 is 0 Å². The van der Waals surface area contributed by atoms with Gasteiger partial charge in [0.2, 0.25) is 0 Å². The van der Waals surface area contributed by atoms with Crippen LogP contribution >= 0.6 is 0 Å². The number of hydrogen-bond acceptors (Lipinski definition) is 11. The van der Waals surface area contributed by atoms with Crippen molar-refractivity contribution >= 4 is 22.1 Å². The molecule has 1 heterocycles. The summed E-state index contributed by atoms with van der Waals surface area (Å²) in [5.74, 6) is -2.04. The van der Waals surface area contributed by atoms with Gasteiger partial charge in [0, 0.05) is 12.8 Å². The fraction of sp³-hybridized carbons (Fsp3) is 0.818. The highest BCUT2D eigenvalue weighted by Gasteiger charge is 2.46.